The van der Waals surface area contributed by atoms with Crippen LogP contribution in [0.5, 0.6) is 0 Å². The summed E-state index contributed by atoms with van der Waals surface area (Å²) in [5, 5.41) is 0. The molecule has 0 aliphatic rings. The predicted molar refractivity (Wildman–Crippen MR) is 54.9 cm³/mol. The Hall–Kier alpha value is -0.740. The van der Waals surface area contributed by atoms with Gasteiger partial charge in [0.1, 0.15) is 12.4 Å². The van der Waals surface area contributed by atoms with Crippen molar-refractivity contribution in [1.82, 2.24) is 0 Å². The Morgan fingerprint density at radius 3 is 2.93 bits per heavy atom. The van der Waals surface area contributed by atoms with E-state index in [2.05, 4.69) is 15.9 Å². The van der Waals surface area contributed by atoms with Gasteiger partial charge in [-0.2, -0.15) is 0 Å². The third-order valence-corrected chi connectivity index (χ3v) is 2.16. The molecule has 76 valence electrons. The second-order valence-corrected chi connectivity index (χ2v) is 3.60. The summed E-state index contributed by atoms with van der Waals surface area (Å²) in [6, 6.07) is 4.26. The molecule has 0 aromatic heterocycles. The normalized spacial score (nSPS) is 10.2. The van der Waals surface area contributed by atoms with E-state index < -0.39 is 5.82 Å². The largest absolute Gasteiger partial charge is 0.374 e. The van der Waals surface area contributed by atoms with E-state index in [1.165, 1.54) is 12.1 Å². The molecular formula is C10H10BrFO2. The van der Waals surface area contributed by atoms with Gasteiger partial charge in [-0.05, 0) is 25.1 Å². The van der Waals surface area contributed by atoms with E-state index in [1.807, 2.05) is 0 Å². The third kappa shape index (κ3) is 2.89. The van der Waals surface area contributed by atoms with Gasteiger partial charge in [0, 0.05) is 11.1 Å². The molecule has 0 N–H and O–H groups in total. The molecular weight excluding hydrogens is 251 g/mol. The number of ketones is 1. The van der Waals surface area contributed by atoms with Gasteiger partial charge in [0.2, 0.25) is 0 Å². The first-order valence-electron chi connectivity index (χ1n) is 4.21. The van der Waals surface area contributed by atoms with Crippen LogP contribution in [-0.4, -0.2) is 19.0 Å². The fourth-order valence-electron chi connectivity index (χ4n) is 0.984. The van der Waals surface area contributed by atoms with Crippen molar-refractivity contribution in [2.24, 2.45) is 0 Å². The summed E-state index contributed by atoms with van der Waals surface area (Å²) < 4.78 is 18.7. The number of halogens is 2. The van der Waals surface area contributed by atoms with Gasteiger partial charge in [-0.25, -0.2) is 4.39 Å². The van der Waals surface area contributed by atoms with Crippen molar-refractivity contribution in [3.63, 3.8) is 0 Å². The summed E-state index contributed by atoms with van der Waals surface area (Å²) >= 11 is 3.17. The van der Waals surface area contributed by atoms with Crippen LogP contribution in [0.1, 0.15) is 17.3 Å². The Kier molecular flexibility index (Phi) is 4.22. The van der Waals surface area contributed by atoms with Crippen LogP contribution in [0.2, 0.25) is 0 Å². The number of Topliss-reactive ketones (excluding diaryl/α,β-unsaturated/α-hetero) is 1. The number of hydrogen-bond donors (Lipinski definition) is 0. The van der Waals surface area contributed by atoms with Gasteiger partial charge in [0.15, 0.2) is 5.78 Å². The molecule has 14 heavy (non-hydrogen) atoms. The zero-order valence-electron chi connectivity index (χ0n) is 7.72. The molecule has 0 radical (unpaired) electrons. The molecule has 0 atom stereocenters. The number of carbonyl (C=O) groups is 1. The molecule has 0 spiro atoms. The molecule has 0 aliphatic carbocycles. The summed E-state index contributed by atoms with van der Waals surface area (Å²) in [6.45, 7) is 2.15. The lowest BCUT2D eigenvalue weighted by atomic mass is 10.1. The first-order chi connectivity index (χ1) is 6.65. The molecule has 0 fully saturated rings. The topological polar surface area (TPSA) is 26.3 Å². The molecule has 0 aliphatic heterocycles. The van der Waals surface area contributed by atoms with Crippen LogP contribution in [-0.2, 0) is 4.74 Å². The Morgan fingerprint density at radius 2 is 2.29 bits per heavy atom. The average molecular weight is 261 g/mol. The van der Waals surface area contributed by atoms with Crippen molar-refractivity contribution in [3.8, 4) is 0 Å². The van der Waals surface area contributed by atoms with Gasteiger partial charge >= 0.3 is 0 Å². The summed E-state index contributed by atoms with van der Waals surface area (Å²) in [5.74, 6) is -0.858. The second-order valence-electron chi connectivity index (χ2n) is 2.68. The Balaban J connectivity index is 2.83. The van der Waals surface area contributed by atoms with Gasteiger partial charge in [-0.15, -0.1) is 0 Å². The quantitative estimate of drug-likeness (QED) is 0.779. The van der Waals surface area contributed by atoms with Crippen LogP contribution in [0.4, 0.5) is 4.39 Å². The molecule has 0 heterocycles. The van der Waals surface area contributed by atoms with E-state index in [4.69, 9.17) is 4.74 Å². The van der Waals surface area contributed by atoms with Crippen molar-refractivity contribution in [1.29, 1.82) is 0 Å². The molecule has 4 heteroatoms. The minimum atomic E-state index is -0.516. The first-order valence-corrected chi connectivity index (χ1v) is 5.00. The summed E-state index contributed by atoms with van der Waals surface area (Å²) in [5.41, 5.74) is 0.0628. The van der Waals surface area contributed by atoms with E-state index in [1.54, 1.807) is 13.0 Å². The molecule has 0 saturated heterocycles. The van der Waals surface area contributed by atoms with Crippen LogP contribution < -0.4 is 0 Å². The predicted octanol–water partition coefficient (Wildman–Crippen LogP) is 2.81. The Bertz CT molecular complexity index is 339. The van der Waals surface area contributed by atoms with Crippen molar-refractivity contribution in [2.45, 2.75) is 6.92 Å². The number of rotatable bonds is 4. The maximum atomic E-state index is 13.2. The number of carbonyl (C=O) groups excluding carboxylic acids is 1. The van der Waals surface area contributed by atoms with Crippen LogP contribution in [0.25, 0.3) is 0 Å². The van der Waals surface area contributed by atoms with E-state index in [0.29, 0.717) is 11.1 Å². The minimum absolute atomic E-state index is 0.0628. The van der Waals surface area contributed by atoms with Crippen molar-refractivity contribution >= 4 is 21.7 Å². The number of ether oxygens (including phenoxy) is 1. The van der Waals surface area contributed by atoms with Crippen molar-refractivity contribution in [3.05, 3.63) is 34.1 Å². The second kappa shape index (κ2) is 5.22. The molecule has 0 saturated carbocycles. The van der Waals surface area contributed by atoms with Crippen LogP contribution in [0.15, 0.2) is 22.7 Å². The Labute approximate surface area is 90.2 Å². The molecule has 1 aromatic carbocycles. The fourth-order valence-corrected chi connectivity index (χ4v) is 1.34. The lowest BCUT2D eigenvalue weighted by molar-refractivity contribution is 0.0779. The van der Waals surface area contributed by atoms with Gasteiger partial charge in [0.25, 0.3) is 0 Å². The summed E-state index contributed by atoms with van der Waals surface area (Å²) in [7, 11) is 0. The first kappa shape index (κ1) is 11.3. The van der Waals surface area contributed by atoms with E-state index in [0.717, 1.165) is 0 Å². The average Bonchev–Trinajstić information content (AvgIpc) is 2.18. The highest BCUT2D eigenvalue weighted by Crippen LogP contribution is 2.16. The van der Waals surface area contributed by atoms with Gasteiger partial charge < -0.3 is 4.74 Å². The summed E-state index contributed by atoms with van der Waals surface area (Å²) in [6.07, 6.45) is 0. The third-order valence-electron chi connectivity index (χ3n) is 1.67. The van der Waals surface area contributed by atoms with E-state index in [-0.39, 0.29) is 18.0 Å². The maximum absolute atomic E-state index is 13.2. The number of hydrogen-bond acceptors (Lipinski definition) is 2. The molecule has 2 nitrogen and oxygen atoms in total. The molecule has 0 bridgehead atoms. The lowest BCUT2D eigenvalue weighted by Crippen LogP contribution is -2.10. The Morgan fingerprint density at radius 1 is 1.57 bits per heavy atom. The fraction of sp³-hybridized carbons (Fsp3) is 0.300. The minimum Gasteiger partial charge on any atom is -0.374 e. The van der Waals surface area contributed by atoms with Gasteiger partial charge in [-0.1, -0.05) is 15.9 Å². The van der Waals surface area contributed by atoms with Gasteiger partial charge in [-0.3, -0.25) is 4.79 Å². The van der Waals surface area contributed by atoms with Crippen LogP contribution in [0, 0.1) is 5.82 Å². The van der Waals surface area contributed by atoms with Crippen molar-refractivity contribution < 1.29 is 13.9 Å². The summed E-state index contributed by atoms with van der Waals surface area (Å²) in [4.78, 5) is 11.4. The van der Waals surface area contributed by atoms with Gasteiger partial charge in [0.05, 0.1) is 5.56 Å². The number of benzene rings is 1. The smallest absolute Gasteiger partial charge is 0.191 e. The van der Waals surface area contributed by atoms with Crippen LogP contribution >= 0.6 is 15.9 Å². The molecule has 1 aromatic rings. The van der Waals surface area contributed by atoms with Crippen LogP contribution in [0.3, 0.4) is 0 Å². The van der Waals surface area contributed by atoms with E-state index >= 15 is 0 Å². The SMILES string of the molecule is CCOCC(=O)c1cc(Br)ccc1F. The van der Waals surface area contributed by atoms with Crippen molar-refractivity contribution in [2.75, 3.05) is 13.2 Å². The molecule has 0 unspecified atom stereocenters. The highest BCUT2D eigenvalue weighted by atomic mass is 79.9. The zero-order valence-corrected chi connectivity index (χ0v) is 9.30. The molecule has 1 rings (SSSR count). The standard InChI is InChI=1S/C10H10BrFO2/c1-2-14-6-10(13)8-5-7(11)3-4-9(8)12/h3-5H,2,6H2,1H3. The van der Waals surface area contributed by atoms with E-state index in [9.17, 15) is 9.18 Å². The maximum Gasteiger partial charge on any atom is 0.191 e. The lowest BCUT2D eigenvalue weighted by Gasteiger charge is -2.03. The molecule has 0 amide bonds. The monoisotopic (exact) mass is 260 g/mol. The highest BCUT2D eigenvalue weighted by Gasteiger charge is 2.11. The zero-order chi connectivity index (χ0) is 10.6. The highest BCUT2D eigenvalue weighted by molar-refractivity contribution is 9.10.